The Bertz CT molecular complexity index is 1170. The molecule has 3 rings (SSSR count). The molecule has 1 aromatic carbocycles. The first-order chi connectivity index (χ1) is 16.2. The van der Waals surface area contributed by atoms with Crippen LogP contribution in [-0.2, 0) is 14.8 Å². The predicted molar refractivity (Wildman–Crippen MR) is 129 cm³/mol. The number of hydrogen-bond donors (Lipinski definition) is 1. The lowest BCUT2D eigenvalue weighted by Gasteiger charge is -2.37. The molecule has 0 unspecified atom stereocenters. The number of aliphatic hydroxyl groups excluding tert-OH is 1. The lowest BCUT2D eigenvalue weighted by atomic mass is 10.0. The van der Waals surface area contributed by atoms with E-state index in [-0.39, 0.29) is 35.6 Å². The minimum atomic E-state index is -3.93. The molecule has 34 heavy (non-hydrogen) atoms. The Kier molecular flexibility index (Phi) is 8.31. The summed E-state index contributed by atoms with van der Waals surface area (Å²) in [7, 11) is -2.22. The standard InChI is InChI=1S/C25H31N3O5S/c1-5-25(30)27(4)16-23-18(2)15-28(19(3)17-29)34(31,32)24-11-10-20(13-22(24)33-23)8-9-21-7-6-12-26-14-21/h6-7,10-14,18-19,23,29H,5,15-17H2,1-4H3/t18-,19+,23+/m0/s1. The fourth-order valence-corrected chi connectivity index (χ4v) is 5.57. The van der Waals surface area contributed by atoms with E-state index in [1.807, 2.05) is 13.0 Å². The van der Waals surface area contributed by atoms with E-state index in [1.54, 1.807) is 56.4 Å². The number of nitrogens with zero attached hydrogens (tertiary/aromatic N) is 3. The van der Waals surface area contributed by atoms with Gasteiger partial charge in [0.1, 0.15) is 16.7 Å². The van der Waals surface area contributed by atoms with E-state index in [0.717, 1.165) is 5.56 Å². The summed E-state index contributed by atoms with van der Waals surface area (Å²) < 4.78 is 34.6. The molecule has 1 aromatic heterocycles. The summed E-state index contributed by atoms with van der Waals surface area (Å²) in [5.74, 6) is 5.96. The smallest absolute Gasteiger partial charge is 0.247 e. The number of benzene rings is 1. The van der Waals surface area contributed by atoms with E-state index < -0.39 is 22.2 Å². The molecule has 182 valence electrons. The van der Waals surface area contributed by atoms with Crippen LogP contribution in [-0.4, -0.2) is 72.5 Å². The number of carbonyl (C=O) groups is 1. The number of amides is 1. The van der Waals surface area contributed by atoms with E-state index >= 15 is 0 Å². The van der Waals surface area contributed by atoms with Gasteiger partial charge in [-0.1, -0.05) is 25.7 Å². The number of likely N-dealkylation sites (N-methyl/N-ethyl adjacent to an activating group) is 1. The summed E-state index contributed by atoms with van der Waals surface area (Å²) in [5.41, 5.74) is 1.32. The molecule has 0 saturated heterocycles. The van der Waals surface area contributed by atoms with Crippen molar-refractivity contribution in [3.63, 3.8) is 0 Å². The predicted octanol–water partition coefficient (Wildman–Crippen LogP) is 2.12. The van der Waals surface area contributed by atoms with Crippen LogP contribution in [0.3, 0.4) is 0 Å². The van der Waals surface area contributed by atoms with Crippen LogP contribution in [0.1, 0.15) is 38.3 Å². The number of ether oxygens (including phenoxy) is 1. The molecule has 0 spiro atoms. The molecule has 1 amide bonds. The second-order valence-corrected chi connectivity index (χ2v) is 10.4. The monoisotopic (exact) mass is 485 g/mol. The summed E-state index contributed by atoms with van der Waals surface area (Å²) in [6.45, 7) is 5.50. The van der Waals surface area contributed by atoms with Gasteiger partial charge in [-0.15, -0.1) is 0 Å². The maximum Gasteiger partial charge on any atom is 0.247 e. The summed E-state index contributed by atoms with van der Waals surface area (Å²) in [6.07, 6.45) is 3.22. The van der Waals surface area contributed by atoms with Gasteiger partial charge in [-0.2, -0.15) is 4.31 Å². The Balaban J connectivity index is 2.06. The van der Waals surface area contributed by atoms with Gasteiger partial charge in [0.2, 0.25) is 15.9 Å². The van der Waals surface area contributed by atoms with Gasteiger partial charge < -0.3 is 14.7 Å². The van der Waals surface area contributed by atoms with Crippen LogP contribution in [0.15, 0.2) is 47.6 Å². The molecule has 1 N–H and O–H groups in total. The van der Waals surface area contributed by atoms with Crippen molar-refractivity contribution in [1.82, 2.24) is 14.2 Å². The molecular formula is C25H31N3O5S. The lowest BCUT2D eigenvalue weighted by Crippen LogP contribution is -2.50. The first-order valence-electron chi connectivity index (χ1n) is 11.3. The Morgan fingerprint density at radius 3 is 2.71 bits per heavy atom. The quantitative estimate of drug-likeness (QED) is 0.652. The van der Waals surface area contributed by atoms with Crippen molar-refractivity contribution in [2.24, 2.45) is 5.92 Å². The van der Waals surface area contributed by atoms with Crippen molar-refractivity contribution < 1.29 is 23.1 Å². The normalized spacial score (nSPS) is 20.5. The molecule has 2 heterocycles. The molecule has 0 bridgehead atoms. The zero-order chi connectivity index (χ0) is 24.9. The van der Waals surface area contributed by atoms with Crippen LogP contribution in [0.5, 0.6) is 5.75 Å². The summed E-state index contributed by atoms with van der Waals surface area (Å²) >= 11 is 0. The average Bonchev–Trinajstić information content (AvgIpc) is 2.84. The number of pyridine rings is 1. The van der Waals surface area contributed by atoms with Gasteiger partial charge in [0.05, 0.1) is 13.2 Å². The molecule has 1 aliphatic heterocycles. The van der Waals surface area contributed by atoms with E-state index in [4.69, 9.17) is 4.74 Å². The third kappa shape index (κ3) is 5.76. The zero-order valence-corrected chi connectivity index (χ0v) is 20.7. The molecule has 0 radical (unpaired) electrons. The number of hydrogen-bond acceptors (Lipinski definition) is 6. The molecule has 0 aliphatic carbocycles. The summed E-state index contributed by atoms with van der Waals surface area (Å²) in [4.78, 5) is 17.9. The van der Waals surface area contributed by atoms with Gasteiger partial charge in [0.15, 0.2) is 0 Å². The maximum absolute atomic E-state index is 13.5. The number of rotatable bonds is 5. The highest BCUT2D eigenvalue weighted by Crippen LogP contribution is 2.34. The Morgan fingerprint density at radius 1 is 1.32 bits per heavy atom. The highest BCUT2D eigenvalue weighted by molar-refractivity contribution is 7.89. The molecule has 9 heteroatoms. The van der Waals surface area contributed by atoms with Crippen LogP contribution in [0.25, 0.3) is 0 Å². The van der Waals surface area contributed by atoms with Gasteiger partial charge in [-0.05, 0) is 37.3 Å². The van der Waals surface area contributed by atoms with Gasteiger partial charge in [0.25, 0.3) is 0 Å². The molecular weight excluding hydrogens is 454 g/mol. The Hall–Kier alpha value is -2.93. The van der Waals surface area contributed by atoms with Crippen molar-refractivity contribution in [2.45, 2.75) is 44.2 Å². The highest BCUT2D eigenvalue weighted by atomic mass is 32.2. The fraction of sp³-hybridized carbons (Fsp3) is 0.440. The van der Waals surface area contributed by atoms with E-state index in [2.05, 4.69) is 16.8 Å². The van der Waals surface area contributed by atoms with Crippen LogP contribution >= 0.6 is 0 Å². The van der Waals surface area contributed by atoms with Gasteiger partial charge in [-0.25, -0.2) is 8.42 Å². The lowest BCUT2D eigenvalue weighted by molar-refractivity contribution is -0.131. The average molecular weight is 486 g/mol. The third-order valence-corrected chi connectivity index (χ3v) is 7.88. The second-order valence-electron chi connectivity index (χ2n) is 8.52. The van der Waals surface area contributed by atoms with E-state index in [9.17, 15) is 18.3 Å². The number of aromatic nitrogens is 1. The van der Waals surface area contributed by atoms with Gasteiger partial charge >= 0.3 is 0 Å². The second kappa shape index (κ2) is 11.0. The molecule has 1 aliphatic rings. The molecule has 0 saturated carbocycles. The highest BCUT2D eigenvalue weighted by Gasteiger charge is 2.38. The number of carbonyl (C=O) groups excluding carboxylic acids is 1. The van der Waals surface area contributed by atoms with Crippen molar-refractivity contribution in [3.8, 4) is 17.6 Å². The zero-order valence-electron chi connectivity index (χ0n) is 19.9. The number of aliphatic hydroxyl groups is 1. The molecule has 8 nitrogen and oxygen atoms in total. The minimum absolute atomic E-state index is 0.0149. The third-order valence-electron chi connectivity index (χ3n) is 5.86. The fourth-order valence-electron chi connectivity index (χ4n) is 3.74. The number of fused-ring (bicyclic) bond motifs is 1. The van der Waals surface area contributed by atoms with Crippen molar-refractivity contribution in [2.75, 3.05) is 26.7 Å². The first-order valence-corrected chi connectivity index (χ1v) is 12.7. The van der Waals surface area contributed by atoms with Crippen LogP contribution in [0, 0.1) is 17.8 Å². The van der Waals surface area contributed by atoms with Crippen molar-refractivity contribution >= 4 is 15.9 Å². The van der Waals surface area contributed by atoms with Gasteiger partial charge in [-0.3, -0.25) is 9.78 Å². The molecule has 2 aromatic rings. The number of sulfonamides is 1. The molecule has 0 fully saturated rings. The van der Waals surface area contributed by atoms with E-state index in [0.29, 0.717) is 18.5 Å². The van der Waals surface area contributed by atoms with Crippen molar-refractivity contribution in [1.29, 1.82) is 0 Å². The Labute approximate surface area is 201 Å². The largest absolute Gasteiger partial charge is 0.487 e. The maximum atomic E-state index is 13.5. The first kappa shape index (κ1) is 25.7. The van der Waals surface area contributed by atoms with Crippen LogP contribution in [0.2, 0.25) is 0 Å². The topological polar surface area (TPSA) is 100 Å². The summed E-state index contributed by atoms with van der Waals surface area (Å²) in [6, 6.07) is 7.75. The molecule has 3 atom stereocenters. The van der Waals surface area contributed by atoms with Crippen molar-refractivity contribution in [3.05, 3.63) is 53.9 Å². The minimum Gasteiger partial charge on any atom is -0.487 e. The Morgan fingerprint density at radius 2 is 2.06 bits per heavy atom. The van der Waals surface area contributed by atoms with E-state index in [1.165, 1.54) is 10.4 Å². The SMILES string of the molecule is CCC(=O)N(C)C[C@H]1Oc2cc(C#Cc3cccnc3)ccc2S(=O)(=O)N([C@H](C)CO)C[C@@H]1C. The van der Waals surface area contributed by atoms with Gasteiger partial charge in [0, 0.05) is 55.5 Å². The van der Waals surface area contributed by atoms with Crippen LogP contribution in [0.4, 0.5) is 0 Å². The van der Waals surface area contributed by atoms with Crippen LogP contribution < -0.4 is 4.74 Å². The summed E-state index contributed by atoms with van der Waals surface area (Å²) in [5, 5.41) is 9.74.